The molecule has 5 rings (SSSR count). The lowest BCUT2D eigenvalue weighted by Crippen LogP contribution is -2.29. The summed E-state index contributed by atoms with van der Waals surface area (Å²) in [5.41, 5.74) is 0.423. The van der Waals surface area contributed by atoms with Crippen LogP contribution in [0.2, 0.25) is 0 Å². The topological polar surface area (TPSA) is 110 Å². The fourth-order valence-corrected chi connectivity index (χ4v) is 4.97. The Balaban J connectivity index is 1.75. The van der Waals surface area contributed by atoms with Crippen molar-refractivity contribution in [2.24, 2.45) is 0 Å². The smallest absolute Gasteiger partial charge is 0.350 e. The number of fused-ring (bicyclic) bond motifs is 2. The zero-order valence-electron chi connectivity index (χ0n) is 18.0. The number of aromatic hydroxyl groups is 1. The van der Waals surface area contributed by atoms with Crippen LogP contribution in [0.15, 0.2) is 51.7 Å². The van der Waals surface area contributed by atoms with Crippen LogP contribution in [-0.2, 0) is 4.74 Å². The van der Waals surface area contributed by atoms with Gasteiger partial charge in [-0.1, -0.05) is 23.5 Å². The largest absolute Gasteiger partial charge is 0.508 e. The van der Waals surface area contributed by atoms with Crippen molar-refractivity contribution in [3.8, 4) is 5.75 Å². The fourth-order valence-electron chi connectivity index (χ4n) is 3.99. The first kappa shape index (κ1) is 21.8. The molecule has 1 aliphatic heterocycles. The molecule has 1 N–H and O–H groups in total. The monoisotopic (exact) mass is 480 g/mol. The molecular weight excluding hydrogens is 463 g/mol. The maximum atomic E-state index is 13.9. The van der Waals surface area contributed by atoms with E-state index < -0.39 is 29.2 Å². The molecule has 2 aromatic heterocycles. The van der Waals surface area contributed by atoms with Crippen molar-refractivity contribution < 1.29 is 28.2 Å². The zero-order chi connectivity index (χ0) is 24.1. The Kier molecular flexibility index (Phi) is 5.17. The van der Waals surface area contributed by atoms with Gasteiger partial charge >= 0.3 is 5.97 Å². The van der Waals surface area contributed by atoms with Crippen molar-refractivity contribution in [3.63, 3.8) is 0 Å². The van der Waals surface area contributed by atoms with Gasteiger partial charge in [-0.25, -0.2) is 14.2 Å². The first-order chi connectivity index (χ1) is 16.3. The molecule has 0 fully saturated rings. The molecule has 0 saturated carbocycles. The minimum absolute atomic E-state index is 0.000268. The van der Waals surface area contributed by atoms with Gasteiger partial charge in [-0.05, 0) is 49.7 Å². The number of carbonyl (C=O) groups is 2. The van der Waals surface area contributed by atoms with Crippen LogP contribution in [0, 0.1) is 12.7 Å². The molecular formula is C24H17FN2O6S. The summed E-state index contributed by atoms with van der Waals surface area (Å²) in [4.78, 5) is 45.3. The summed E-state index contributed by atoms with van der Waals surface area (Å²) in [5.74, 6) is -1.99. The molecule has 0 radical (unpaired) electrons. The highest BCUT2D eigenvalue weighted by Gasteiger charge is 2.45. The second-order valence-electron chi connectivity index (χ2n) is 7.62. The van der Waals surface area contributed by atoms with Crippen LogP contribution in [-0.4, -0.2) is 28.6 Å². The van der Waals surface area contributed by atoms with Gasteiger partial charge in [0.25, 0.3) is 5.91 Å². The van der Waals surface area contributed by atoms with Gasteiger partial charge in [0.2, 0.25) is 5.76 Å². The molecule has 0 bridgehead atoms. The van der Waals surface area contributed by atoms with Gasteiger partial charge in [0.05, 0.1) is 29.3 Å². The summed E-state index contributed by atoms with van der Waals surface area (Å²) < 4.78 is 24.8. The van der Waals surface area contributed by atoms with Gasteiger partial charge in [0.15, 0.2) is 10.6 Å². The molecule has 1 amide bonds. The fraction of sp³-hybridized carbons (Fsp3) is 0.167. The predicted molar refractivity (Wildman–Crippen MR) is 122 cm³/mol. The van der Waals surface area contributed by atoms with E-state index in [1.165, 1.54) is 23.1 Å². The van der Waals surface area contributed by atoms with E-state index in [4.69, 9.17) is 9.15 Å². The van der Waals surface area contributed by atoms with E-state index in [-0.39, 0.29) is 44.7 Å². The molecule has 4 aromatic rings. The van der Waals surface area contributed by atoms with Crippen molar-refractivity contribution in [1.29, 1.82) is 0 Å². The van der Waals surface area contributed by atoms with Gasteiger partial charge in [0.1, 0.15) is 22.0 Å². The van der Waals surface area contributed by atoms with Crippen molar-refractivity contribution in [1.82, 2.24) is 4.98 Å². The number of amides is 1. The lowest BCUT2D eigenvalue weighted by molar-refractivity contribution is 0.0531. The van der Waals surface area contributed by atoms with E-state index >= 15 is 0 Å². The molecule has 10 heteroatoms. The number of aryl methyl sites for hydroxylation is 1. The van der Waals surface area contributed by atoms with Crippen LogP contribution in [0.3, 0.4) is 0 Å². The number of phenolic OH excluding ortho intramolecular Hbond substituents is 1. The maximum absolute atomic E-state index is 13.9. The molecule has 2 aromatic carbocycles. The zero-order valence-corrected chi connectivity index (χ0v) is 18.8. The molecule has 0 unspecified atom stereocenters. The quantitative estimate of drug-likeness (QED) is 0.433. The summed E-state index contributed by atoms with van der Waals surface area (Å²) in [6.07, 6.45) is 0. The number of esters is 1. The lowest BCUT2D eigenvalue weighted by Gasteiger charge is -2.22. The third-order valence-corrected chi connectivity index (χ3v) is 6.63. The summed E-state index contributed by atoms with van der Waals surface area (Å²) in [6.45, 7) is 3.48. The van der Waals surface area contributed by atoms with Crippen LogP contribution >= 0.6 is 11.3 Å². The highest BCUT2D eigenvalue weighted by atomic mass is 32.1. The number of anilines is 1. The molecule has 1 aliphatic rings. The van der Waals surface area contributed by atoms with E-state index in [0.29, 0.717) is 11.3 Å². The Labute approximate surface area is 195 Å². The number of halogens is 1. The number of hydrogen-bond donors (Lipinski definition) is 1. The molecule has 1 atom stereocenters. The molecule has 34 heavy (non-hydrogen) atoms. The summed E-state index contributed by atoms with van der Waals surface area (Å²) in [7, 11) is 0. The highest BCUT2D eigenvalue weighted by Crippen LogP contribution is 2.43. The number of phenols is 1. The van der Waals surface area contributed by atoms with E-state index in [9.17, 15) is 23.9 Å². The summed E-state index contributed by atoms with van der Waals surface area (Å²) in [6, 6.07) is 8.52. The first-order valence-corrected chi connectivity index (χ1v) is 11.1. The first-order valence-electron chi connectivity index (χ1n) is 10.3. The Morgan fingerprint density at radius 2 is 1.97 bits per heavy atom. The van der Waals surface area contributed by atoms with Crippen LogP contribution in [0.5, 0.6) is 5.75 Å². The van der Waals surface area contributed by atoms with Crippen LogP contribution in [0.4, 0.5) is 9.52 Å². The lowest BCUT2D eigenvalue weighted by atomic mass is 9.98. The molecule has 0 saturated heterocycles. The number of aromatic nitrogens is 1. The Morgan fingerprint density at radius 1 is 1.24 bits per heavy atom. The maximum Gasteiger partial charge on any atom is 0.350 e. The van der Waals surface area contributed by atoms with Crippen LogP contribution in [0.1, 0.15) is 50.0 Å². The second-order valence-corrected chi connectivity index (χ2v) is 8.59. The number of ether oxygens (including phenoxy) is 1. The van der Waals surface area contributed by atoms with Gasteiger partial charge in [-0.2, -0.15) is 0 Å². The number of benzene rings is 2. The van der Waals surface area contributed by atoms with E-state index in [1.807, 2.05) is 0 Å². The summed E-state index contributed by atoms with van der Waals surface area (Å²) in [5, 5.41) is 9.91. The second kappa shape index (κ2) is 8.07. The SMILES string of the molecule is CCOC(=O)c1sc(N2C(=O)c3oc4ccc(F)cc4c(=O)c3[C@H]2c2ccc(O)cc2)nc1C. The Bertz CT molecular complexity index is 1530. The van der Waals surface area contributed by atoms with Gasteiger partial charge in [-0.15, -0.1) is 0 Å². The number of carbonyl (C=O) groups excluding carboxylic acids is 2. The Hall–Kier alpha value is -4.05. The van der Waals surface area contributed by atoms with E-state index in [2.05, 4.69) is 4.98 Å². The molecule has 8 nitrogen and oxygen atoms in total. The van der Waals surface area contributed by atoms with Crippen LogP contribution < -0.4 is 10.3 Å². The third-order valence-electron chi connectivity index (χ3n) is 5.49. The normalized spacial score (nSPS) is 15.1. The highest BCUT2D eigenvalue weighted by molar-refractivity contribution is 7.17. The number of nitrogens with zero attached hydrogens (tertiary/aromatic N) is 2. The van der Waals surface area contributed by atoms with E-state index in [1.54, 1.807) is 26.0 Å². The van der Waals surface area contributed by atoms with Gasteiger partial charge < -0.3 is 14.3 Å². The summed E-state index contributed by atoms with van der Waals surface area (Å²) >= 11 is 0.960. The standard InChI is InChI=1S/C24H17FN2O6S/c1-3-32-23(31)21-11(2)26-24(34-21)27-18(12-4-7-14(28)8-5-12)17-19(29)15-10-13(25)6-9-16(15)33-20(17)22(27)30/h4-10,18,28H,3H2,1-2H3/t18-/m1/s1. The molecule has 172 valence electrons. The Morgan fingerprint density at radius 3 is 2.68 bits per heavy atom. The number of thiazole rings is 1. The van der Waals surface area contributed by atoms with Gasteiger partial charge in [-0.3, -0.25) is 14.5 Å². The van der Waals surface area contributed by atoms with Crippen molar-refractivity contribution in [2.45, 2.75) is 19.9 Å². The average molecular weight is 480 g/mol. The predicted octanol–water partition coefficient (Wildman–Crippen LogP) is 4.33. The van der Waals surface area contributed by atoms with Gasteiger partial charge in [0, 0.05) is 0 Å². The van der Waals surface area contributed by atoms with Crippen molar-refractivity contribution in [3.05, 3.63) is 86.0 Å². The molecule has 0 spiro atoms. The minimum atomic E-state index is -0.965. The molecule has 0 aliphatic carbocycles. The van der Waals surface area contributed by atoms with Crippen molar-refractivity contribution >= 4 is 39.3 Å². The number of rotatable bonds is 4. The van der Waals surface area contributed by atoms with E-state index in [0.717, 1.165) is 23.5 Å². The number of hydrogen-bond acceptors (Lipinski definition) is 8. The van der Waals surface area contributed by atoms with Crippen molar-refractivity contribution in [2.75, 3.05) is 11.5 Å². The minimum Gasteiger partial charge on any atom is -0.508 e. The third kappa shape index (κ3) is 3.34. The average Bonchev–Trinajstić information content (AvgIpc) is 3.33. The van der Waals surface area contributed by atoms with Crippen LogP contribution in [0.25, 0.3) is 11.0 Å². The molecule has 3 heterocycles.